The quantitative estimate of drug-likeness (QED) is 0.853. The molecule has 19 heavy (non-hydrogen) atoms. The Morgan fingerprint density at radius 2 is 1.89 bits per heavy atom. The number of carbonyl (C=O) groups is 1. The summed E-state index contributed by atoms with van der Waals surface area (Å²) in [6.07, 6.45) is -3.13. The lowest BCUT2D eigenvalue weighted by atomic mass is 10.1. The Morgan fingerprint density at radius 3 is 2.32 bits per heavy atom. The molecule has 0 fully saturated rings. The summed E-state index contributed by atoms with van der Waals surface area (Å²) >= 11 is 0. The minimum absolute atomic E-state index is 0.0664. The molecule has 0 atom stereocenters. The van der Waals surface area contributed by atoms with Crippen LogP contribution >= 0.6 is 0 Å². The van der Waals surface area contributed by atoms with E-state index in [0.29, 0.717) is 0 Å². The van der Waals surface area contributed by atoms with Gasteiger partial charge in [-0.3, -0.25) is 0 Å². The summed E-state index contributed by atoms with van der Waals surface area (Å²) in [5.41, 5.74) is -1.58. The smallest absolute Gasteiger partial charge is 0.417 e. The van der Waals surface area contributed by atoms with E-state index in [1.54, 1.807) is 0 Å². The standard InChI is InChI=1S/C13H16F3NO2/c1-3-8(4-2)17-9-5-6-10(12(18)19)11(7-9)13(14,15)16/h5-8,17H,3-4H2,1-2H3,(H,18,19). The van der Waals surface area contributed by atoms with Gasteiger partial charge < -0.3 is 10.4 Å². The van der Waals surface area contributed by atoms with Crippen LogP contribution in [0.15, 0.2) is 18.2 Å². The van der Waals surface area contributed by atoms with Crippen molar-refractivity contribution in [2.45, 2.75) is 38.9 Å². The van der Waals surface area contributed by atoms with E-state index in [2.05, 4.69) is 5.32 Å². The van der Waals surface area contributed by atoms with Gasteiger partial charge in [0.15, 0.2) is 0 Å². The Kier molecular flexibility index (Phi) is 4.80. The third kappa shape index (κ3) is 3.87. The first-order valence-corrected chi connectivity index (χ1v) is 6.00. The van der Waals surface area contributed by atoms with Crippen LogP contribution in [0, 0.1) is 0 Å². The van der Waals surface area contributed by atoms with E-state index in [1.807, 2.05) is 13.8 Å². The monoisotopic (exact) mass is 275 g/mol. The minimum atomic E-state index is -4.68. The maximum atomic E-state index is 12.8. The number of benzene rings is 1. The van der Waals surface area contributed by atoms with Crippen molar-refractivity contribution in [2.75, 3.05) is 5.32 Å². The second-order valence-corrected chi connectivity index (χ2v) is 4.22. The normalized spacial score (nSPS) is 11.7. The summed E-state index contributed by atoms with van der Waals surface area (Å²) in [6.45, 7) is 3.86. The second-order valence-electron chi connectivity index (χ2n) is 4.22. The number of hydrogen-bond acceptors (Lipinski definition) is 2. The van der Waals surface area contributed by atoms with Crippen molar-refractivity contribution < 1.29 is 23.1 Å². The first-order valence-electron chi connectivity index (χ1n) is 6.00. The summed E-state index contributed by atoms with van der Waals surface area (Å²) in [5, 5.41) is 11.7. The molecule has 0 aliphatic rings. The van der Waals surface area contributed by atoms with E-state index in [0.717, 1.165) is 25.0 Å². The summed E-state index contributed by atoms with van der Waals surface area (Å²) in [5.74, 6) is -1.58. The van der Waals surface area contributed by atoms with Gasteiger partial charge in [0.2, 0.25) is 0 Å². The Bertz CT molecular complexity index is 454. The molecule has 1 aromatic carbocycles. The van der Waals surface area contributed by atoms with Gasteiger partial charge in [0, 0.05) is 11.7 Å². The van der Waals surface area contributed by atoms with Crippen LogP contribution in [0.2, 0.25) is 0 Å². The van der Waals surface area contributed by atoms with Crippen molar-refractivity contribution in [1.29, 1.82) is 0 Å². The molecule has 1 aromatic rings. The third-order valence-electron chi connectivity index (χ3n) is 2.91. The Balaban J connectivity index is 3.15. The number of halogens is 3. The first kappa shape index (κ1) is 15.3. The molecule has 0 aromatic heterocycles. The van der Waals surface area contributed by atoms with E-state index in [9.17, 15) is 18.0 Å². The van der Waals surface area contributed by atoms with Crippen LogP contribution in [0.4, 0.5) is 18.9 Å². The van der Waals surface area contributed by atoms with E-state index >= 15 is 0 Å². The van der Waals surface area contributed by atoms with Crippen molar-refractivity contribution >= 4 is 11.7 Å². The van der Waals surface area contributed by atoms with Crippen molar-refractivity contribution in [3.8, 4) is 0 Å². The number of carboxylic acid groups (broad SMARTS) is 1. The number of nitrogens with one attached hydrogen (secondary N) is 1. The lowest BCUT2D eigenvalue weighted by Crippen LogP contribution is -2.19. The Labute approximate surface area is 109 Å². The lowest BCUT2D eigenvalue weighted by molar-refractivity contribution is -0.138. The Morgan fingerprint density at radius 1 is 1.32 bits per heavy atom. The number of rotatable bonds is 5. The summed E-state index contributed by atoms with van der Waals surface area (Å²) in [6, 6.07) is 3.26. The summed E-state index contributed by atoms with van der Waals surface area (Å²) in [4.78, 5) is 10.8. The van der Waals surface area contributed by atoms with Crippen LogP contribution < -0.4 is 5.32 Å². The van der Waals surface area contributed by atoms with Gasteiger partial charge >= 0.3 is 12.1 Å². The topological polar surface area (TPSA) is 49.3 Å². The van der Waals surface area contributed by atoms with Crippen LogP contribution in [0.3, 0.4) is 0 Å². The molecular weight excluding hydrogens is 259 g/mol. The molecule has 106 valence electrons. The Hall–Kier alpha value is -1.72. The van der Waals surface area contributed by atoms with E-state index in [4.69, 9.17) is 5.11 Å². The van der Waals surface area contributed by atoms with Gasteiger partial charge in [-0.2, -0.15) is 13.2 Å². The fourth-order valence-corrected chi connectivity index (χ4v) is 1.78. The molecule has 0 unspecified atom stereocenters. The van der Waals surface area contributed by atoms with Gasteiger partial charge in [0.05, 0.1) is 11.1 Å². The number of carboxylic acids is 1. The molecule has 0 radical (unpaired) electrons. The first-order chi connectivity index (χ1) is 8.79. The predicted octanol–water partition coefficient (Wildman–Crippen LogP) is 4.00. The molecule has 6 heteroatoms. The molecular formula is C13H16F3NO2. The van der Waals surface area contributed by atoms with Gasteiger partial charge in [-0.15, -0.1) is 0 Å². The van der Waals surface area contributed by atoms with Crippen molar-refractivity contribution in [3.05, 3.63) is 29.3 Å². The highest BCUT2D eigenvalue weighted by atomic mass is 19.4. The van der Waals surface area contributed by atoms with Crippen LogP contribution in [0.1, 0.15) is 42.6 Å². The average molecular weight is 275 g/mol. The van der Waals surface area contributed by atoms with Gasteiger partial charge in [-0.25, -0.2) is 4.79 Å². The summed E-state index contributed by atoms with van der Waals surface area (Å²) < 4.78 is 38.4. The molecule has 0 aliphatic heterocycles. The molecule has 3 nitrogen and oxygen atoms in total. The number of anilines is 1. The molecule has 0 aliphatic carbocycles. The van der Waals surface area contributed by atoms with E-state index in [-0.39, 0.29) is 11.7 Å². The maximum Gasteiger partial charge on any atom is 0.417 e. The average Bonchev–Trinajstić information content (AvgIpc) is 2.34. The van der Waals surface area contributed by atoms with Crippen molar-refractivity contribution in [2.24, 2.45) is 0 Å². The molecule has 0 heterocycles. The fourth-order valence-electron chi connectivity index (χ4n) is 1.78. The third-order valence-corrected chi connectivity index (χ3v) is 2.91. The zero-order valence-corrected chi connectivity index (χ0v) is 10.7. The van der Waals surface area contributed by atoms with Gasteiger partial charge in [0.1, 0.15) is 0 Å². The van der Waals surface area contributed by atoms with Crippen LogP contribution in [-0.2, 0) is 6.18 Å². The molecule has 0 bridgehead atoms. The predicted molar refractivity (Wildman–Crippen MR) is 66.4 cm³/mol. The molecule has 2 N–H and O–H groups in total. The zero-order chi connectivity index (χ0) is 14.6. The second kappa shape index (κ2) is 5.95. The van der Waals surface area contributed by atoms with Crippen LogP contribution in [0.5, 0.6) is 0 Å². The van der Waals surface area contributed by atoms with Gasteiger partial charge in [0.25, 0.3) is 0 Å². The molecule has 0 amide bonds. The molecule has 0 saturated heterocycles. The highest BCUT2D eigenvalue weighted by Crippen LogP contribution is 2.34. The molecule has 0 saturated carbocycles. The largest absolute Gasteiger partial charge is 0.478 e. The SMILES string of the molecule is CCC(CC)Nc1ccc(C(=O)O)c(C(F)(F)F)c1. The van der Waals surface area contributed by atoms with Gasteiger partial charge in [-0.1, -0.05) is 13.8 Å². The van der Waals surface area contributed by atoms with Crippen LogP contribution in [-0.4, -0.2) is 17.1 Å². The van der Waals surface area contributed by atoms with Crippen molar-refractivity contribution in [3.63, 3.8) is 0 Å². The molecule has 0 spiro atoms. The number of alkyl halides is 3. The summed E-state index contributed by atoms with van der Waals surface area (Å²) in [7, 11) is 0. The molecule has 1 rings (SSSR count). The highest BCUT2D eigenvalue weighted by Gasteiger charge is 2.35. The van der Waals surface area contributed by atoms with Crippen LogP contribution in [0.25, 0.3) is 0 Å². The van der Waals surface area contributed by atoms with E-state index < -0.39 is 23.3 Å². The number of hydrogen-bond donors (Lipinski definition) is 2. The van der Waals surface area contributed by atoms with Crippen molar-refractivity contribution in [1.82, 2.24) is 0 Å². The fraction of sp³-hybridized carbons (Fsp3) is 0.462. The zero-order valence-electron chi connectivity index (χ0n) is 10.7. The van der Waals surface area contributed by atoms with Gasteiger partial charge in [-0.05, 0) is 31.0 Å². The number of aromatic carboxylic acids is 1. The van der Waals surface area contributed by atoms with E-state index in [1.165, 1.54) is 6.07 Å². The minimum Gasteiger partial charge on any atom is -0.478 e. The lowest BCUT2D eigenvalue weighted by Gasteiger charge is -2.18. The highest BCUT2D eigenvalue weighted by molar-refractivity contribution is 5.90. The maximum absolute atomic E-state index is 12.8.